The predicted octanol–water partition coefficient (Wildman–Crippen LogP) is 2.07. The molecule has 0 unspecified atom stereocenters. The van der Waals surface area contributed by atoms with Crippen LogP contribution in [0.5, 0.6) is 11.5 Å². The zero-order chi connectivity index (χ0) is 22.6. The zero-order valence-corrected chi connectivity index (χ0v) is 19.1. The Bertz CT molecular complexity index is 1010. The topological polar surface area (TPSA) is 111 Å². The van der Waals surface area contributed by atoms with E-state index >= 15 is 0 Å². The molecule has 2 aromatic rings. The molecule has 1 N–H and O–H groups in total. The summed E-state index contributed by atoms with van der Waals surface area (Å²) >= 11 is 0. The van der Waals surface area contributed by atoms with Gasteiger partial charge in [0.15, 0.2) is 5.76 Å². The first-order valence-electron chi connectivity index (χ1n) is 10.2. The van der Waals surface area contributed by atoms with Crippen molar-refractivity contribution in [3.8, 4) is 11.5 Å². The van der Waals surface area contributed by atoms with Crippen LogP contribution < -0.4 is 14.8 Å². The van der Waals surface area contributed by atoms with Gasteiger partial charge in [-0.1, -0.05) is 11.2 Å². The lowest BCUT2D eigenvalue weighted by molar-refractivity contribution is -0.126. The maximum absolute atomic E-state index is 12.9. The smallest absolute Gasteiger partial charge is 0.248 e. The summed E-state index contributed by atoms with van der Waals surface area (Å²) in [5, 5.41) is 6.70. The molecule has 170 valence electrons. The molecule has 1 aromatic heterocycles. The number of nitrogens with one attached hydrogen (secondary N) is 1. The number of carbonyl (C=O) groups excluding carboxylic acids is 1. The van der Waals surface area contributed by atoms with E-state index in [0.29, 0.717) is 43.0 Å². The molecule has 1 fully saturated rings. The molecular weight excluding hydrogens is 422 g/mol. The van der Waals surface area contributed by atoms with Crippen LogP contribution in [-0.4, -0.2) is 57.6 Å². The Balaban J connectivity index is 1.52. The molecule has 0 radical (unpaired) electrons. The van der Waals surface area contributed by atoms with Crippen molar-refractivity contribution in [2.75, 3.05) is 33.9 Å². The number of nitrogens with zero attached hydrogens (tertiary/aromatic N) is 2. The fourth-order valence-corrected chi connectivity index (χ4v) is 5.61. The van der Waals surface area contributed by atoms with E-state index in [2.05, 4.69) is 10.5 Å². The van der Waals surface area contributed by atoms with Gasteiger partial charge in [0.05, 0.1) is 14.2 Å². The summed E-state index contributed by atoms with van der Waals surface area (Å²) in [5.41, 5.74) is 1.33. The first kappa shape index (κ1) is 23.1. The lowest BCUT2D eigenvalue weighted by Crippen LogP contribution is -2.43. The summed E-state index contributed by atoms with van der Waals surface area (Å²) in [7, 11) is -0.479. The maximum atomic E-state index is 12.9. The highest BCUT2D eigenvalue weighted by Gasteiger charge is 2.35. The van der Waals surface area contributed by atoms with Crippen molar-refractivity contribution in [2.45, 2.75) is 38.0 Å². The summed E-state index contributed by atoms with van der Waals surface area (Å²) in [6.45, 7) is 4.25. The molecule has 0 spiro atoms. The van der Waals surface area contributed by atoms with E-state index in [1.807, 2.05) is 18.2 Å². The van der Waals surface area contributed by atoms with Crippen molar-refractivity contribution in [3.05, 3.63) is 35.2 Å². The predicted molar refractivity (Wildman–Crippen MR) is 114 cm³/mol. The standard InChI is InChI=1S/C21H29N3O6S/c1-14-20(15(2)30-23-14)31(26,27)24-11-8-17(9-12-24)21(25)22-10-7-16-5-6-18(28-3)13-19(16)29-4/h5-6,13,17H,7-12H2,1-4H3,(H,22,25). The van der Waals surface area contributed by atoms with Crippen molar-refractivity contribution in [1.82, 2.24) is 14.8 Å². The lowest BCUT2D eigenvalue weighted by atomic mass is 9.97. The number of ether oxygens (including phenoxy) is 2. The van der Waals surface area contributed by atoms with Gasteiger partial charge in [-0.15, -0.1) is 0 Å². The minimum absolute atomic E-state index is 0.0538. The summed E-state index contributed by atoms with van der Waals surface area (Å²) in [4.78, 5) is 12.7. The fraction of sp³-hybridized carbons (Fsp3) is 0.524. The molecule has 0 atom stereocenters. The highest BCUT2D eigenvalue weighted by atomic mass is 32.2. The van der Waals surface area contributed by atoms with Crippen LogP contribution in [0.2, 0.25) is 0 Å². The molecule has 0 saturated carbocycles. The Labute approximate surface area is 182 Å². The quantitative estimate of drug-likeness (QED) is 0.654. The second kappa shape index (κ2) is 9.69. The van der Waals surface area contributed by atoms with Crippen LogP contribution in [-0.2, 0) is 21.2 Å². The van der Waals surface area contributed by atoms with Crippen molar-refractivity contribution in [3.63, 3.8) is 0 Å². The van der Waals surface area contributed by atoms with Crippen molar-refractivity contribution >= 4 is 15.9 Å². The van der Waals surface area contributed by atoms with E-state index in [-0.39, 0.29) is 35.6 Å². The number of methoxy groups -OCH3 is 2. The first-order valence-corrected chi connectivity index (χ1v) is 11.6. The monoisotopic (exact) mass is 451 g/mol. The van der Waals surface area contributed by atoms with Crippen molar-refractivity contribution in [2.24, 2.45) is 5.92 Å². The number of hydrogen-bond donors (Lipinski definition) is 1. The normalized spacial score (nSPS) is 15.6. The minimum Gasteiger partial charge on any atom is -0.497 e. The van der Waals surface area contributed by atoms with Gasteiger partial charge >= 0.3 is 0 Å². The number of aromatic nitrogens is 1. The van der Waals surface area contributed by atoms with Crippen LogP contribution in [0.4, 0.5) is 0 Å². The summed E-state index contributed by atoms with van der Waals surface area (Å²) in [6.07, 6.45) is 1.57. The van der Waals surface area contributed by atoms with Gasteiger partial charge in [-0.25, -0.2) is 8.42 Å². The van der Waals surface area contributed by atoms with Crippen LogP contribution in [0.3, 0.4) is 0 Å². The third-order valence-corrected chi connectivity index (χ3v) is 7.72. The Morgan fingerprint density at radius 2 is 1.94 bits per heavy atom. The second-order valence-corrected chi connectivity index (χ2v) is 9.43. The Morgan fingerprint density at radius 1 is 1.23 bits per heavy atom. The van der Waals surface area contributed by atoms with Gasteiger partial charge in [0.2, 0.25) is 15.9 Å². The highest BCUT2D eigenvalue weighted by molar-refractivity contribution is 7.89. The molecule has 1 aliphatic heterocycles. The van der Waals surface area contributed by atoms with Crippen molar-refractivity contribution < 1.29 is 27.2 Å². The Kier molecular flexibility index (Phi) is 7.22. The lowest BCUT2D eigenvalue weighted by Gasteiger charge is -2.30. The third-order valence-electron chi connectivity index (χ3n) is 5.58. The van der Waals surface area contributed by atoms with E-state index in [1.54, 1.807) is 28.1 Å². The van der Waals surface area contributed by atoms with E-state index < -0.39 is 10.0 Å². The van der Waals surface area contributed by atoms with E-state index in [9.17, 15) is 13.2 Å². The molecule has 31 heavy (non-hydrogen) atoms. The second-order valence-electron chi connectivity index (χ2n) is 7.55. The molecule has 1 saturated heterocycles. The molecular formula is C21H29N3O6S. The molecule has 10 heteroatoms. The fourth-order valence-electron chi connectivity index (χ4n) is 3.85. The number of piperidine rings is 1. The average molecular weight is 452 g/mol. The molecule has 9 nitrogen and oxygen atoms in total. The number of sulfonamides is 1. The molecule has 0 bridgehead atoms. The number of hydrogen-bond acceptors (Lipinski definition) is 7. The molecule has 0 aliphatic carbocycles. The van der Waals surface area contributed by atoms with Crippen LogP contribution in [0.1, 0.15) is 29.9 Å². The van der Waals surface area contributed by atoms with Crippen LogP contribution in [0.15, 0.2) is 27.6 Å². The Hall–Kier alpha value is -2.59. The van der Waals surface area contributed by atoms with Gasteiger partial charge in [-0.2, -0.15) is 4.31 Å². The number of rotatable bonds is 8. The molecule has 1 aliphatic rings. The van der Waals surface area contributed by atoms with Gasteiger partial charge in [0, 0.05) is 31.6 Å². The van der Waals surface area contributed by atoms with Gasteiger partial charge < -0.3 is 19.3 Å². The van der Waals surface area contributed by atoms with E-state index in [1.165, 1.54) is 4.31 Å². The van der Waals surface area contributed by atoms with Crippen LogP contribution >= 0.6 is 0 Å². The van der Waals surface area contributed by atoms with Crippen molar-refractivity contribution in [1.29, 1.82) is 0 Å². The summed E-state index contributed by atoms with van der Waals surface area (Å²) < 4.78 is 42.8. The number of aryl methyl sites for hydroxylation is 2. The van der Waals surface area contributed by atoms with Gasteiger partial charge in [-0.05, 0) is 44.7 Å². The molecule has 2 heterocycles. The zero-order valence-electron chi connectivity index (χ0n) is 18.3. The molecule has 3 rings (SSSR count). The average Bonchev–Trinajstić information content (AvgIpc) is 3.12. The van der Waals surface area contributed by atoms with E-state index in [0.717, 1.165) is 5.56 Å². The van der Waals surface area contributed by atoms with Crippen LogP contribution in [0.25, 0.3) is 0 Å². The molecule has 1 aromatic carbocycles. The summed E-state index contributed by atoms with van der Waals surface area (Å²) in [5.74, 6) is 1.44. The first-order chi connectivity index (χ1) is 14.8. The SMILES string of the molecule is COc1ccc(CCNC(=O)C2CCN(S(=O)(=O)c3c(C)noc3C)CC2)c(OC)c1. The Morgan fingerprint density at radius 3 is 2.52 bits per heavy atom. The summed E-state index contributed by atoms with van der Waals surface area (Å²) in [6, 6.07) is 5.59. The largest absolute Gasteiger partial charge is 0.497 e. The third kappa shape index (κ3) is 5.01. The van der Waals surface area contributed by atoms with E-state index in [4.69, 9.17) is 14.0 Å². The van der Waals surface area contributed by atoms with Gasteiger partial charge in [-0.3, -0.25) is 4.79 Å². The number of amides is 1. The molecule has 1 amide bonds. The maximum Gasteiger partial charge on any atom is 0.248 e. The number of carbonyl (C=O) groups is 1. The highest BCUT2D eigenvalue weighted by Crippen LogP contribution is 2.28. The van der Waals surface area contributed by atoms with Gasteiger partial charge in [0.1, 0.15) is 22.1 Å². The number of benzene rings is 1. The van der Waals surface area contributed by atoms with Crippen LogP contribution in [0, 0.1) is 19.8 Å². The van der Waals surface area contributed by atoms with Gasteiger partial charge in [0.25, 0.3) is 0 Å². The minimum atomic E-state index is -3.67.